The van der Waals surface area contributed by atoms with Crippen molar-refractivity contribution in [3.05, 3.63) is 69.2 Å². The van der Waals surface area contributed by atoms with Crippen LogP contribution in [-0.4, -0.2) is 37.4 Å². The molecular formula is C18H19N5O3. The van der Waals surface area contributed by atoms with E-state index in [0.717, 1.165) is 5.69 Å². The van der Waals surface area contributed by atoms with Gasteiger partial charge in [0.2, 0.25) is 0 Å². The Balaban J connectivity index is 1.93. The predicted octanol–water partition coefficient (Wildman–Crippen LogP) is 3.09. The summed E-state index contributed by atoms with van der Waals surface area (Å²) in [5.74, 6) is -0.218. The monoisotopic (exact) mass is 353 g/mol. The second kappa shape index (κ2) is 6.55. The largest absolute Gasteiger partial charge is 0.335 e. The SMILES string of the molecule is Cc1cc2ncc(C(=O)N(C)C(C)c3cccc([N+](=O)[O-])c3)c(C)n2n1. The lowest BCUT2D eigenvalue weighted by Crippen LogP contribution is -2.30. The third-order valence-corrected chi connectivity index (χ3v) is 4.54. The first-order chi connectivity index (χ1) is 12.3. The lowest BCUT2D eigenvalue weighted by atomic mass is 10.1. The number of benzene rings is 1. The van der Waals surface area contributed by atoms with Crippen molar-refractivity contribution in [3.8, 4) is 0 Å². The van der Waals surface area contributed by atoms with Crippen molar-refractivity contribution in [2.75, 3.05) is 7.05 Å². The van der Waals surface area contributed by atoms with E-state index < -0.39 is 4.92 Å². The Morgan fingerprint density at radius 1 is 1.31 bits per heavy atom. The summed E-state index contributed by atoms with van der Waals surface area (Å²) in [6.45, 7) is 5.52. The standard InChI is InChI=1S/C18H19N5O3/c1-11-8-17-19-10-16(13(3)22(17)20-11)18(24)21(4)12(2)14-6-5-7-15(9-14)23(25)26/h5-10,12H,1-4H3. The maximum Gasteiger partial charge on any atom is 0.269 e. The van der Waals surface area contributed by atoms with E-state index in [9.17, 15) is 14.9 Å². The fourth-order valence-corrected chi connectivity index (χ4v) is 2.86. The molecule has 2 heterocycles. The van der Waals surface area contributed by atoms with E-state index in [4.69, 9.17) is 0 Å². The van der Waals surface area contributed by atoms with Gasteiger partial charge in [-0.05, 0) is 26.3 Å². The number of nitro benzene ring substituents is 1. The summed E-state index contributed by atoms with van der Waals surface area (Å²) in [4.78, 5) is 29.3. The van der Waals surface area contributed by atoms with Gasteiger partial charge in [-0.15, -0.1) is 0 Å². The average molecular weight is 353 g/mol. The van der Waals surface area contributed by atoms with Crippen LogP contribution in [-0.2, 0) is 0 Å². The van der Waals surface area contributed by atoms with Gasteiger partial charge in [-0.2, -0.15) is 5.10 Å². The van der Waals surface area contributed by atoms with Crippen LogP contribution in [0.5, 0.6) is 0 Å². The first-order valence-electron chi connectivity index (χ1n) is 8.13. The minimum atomic E-state index is -0.444. The Labute approximate surface area is 150 Å². The number of nitrogens with zero attached hydrogens (tertiary/aromatic N) is 5. The molecule has 0 N–H and O–H groups in total. The van der Waals surface area contributed by atoms with Gasteiger partial charge in [-0.25, -0.2) is 9.50 Å². The molecule has 1 aromatic carbocycles. The van der Waals surface area contributed by atoms with Crippen LogP contribution in [0.4, 0.5) is 5.69 Å². The molecule has 0 saturated carbocycles. The van der Waals surface area contributed by atoms with Crippen LogP contribution >= 0.6 is 0 Å². The number of rotatable bonds is 4. The molecule has 3 aromatic rings. The number of nitro groups is 1. The highest BCUT2D eigenvalue weighted by Gasteiger charge is 2.23. The van der Waals surface area contributed by atoms with Crippen LogP contribution in [0.3, 0.4) is 0 Å². The summed E-state index contributed by atoms with van der Waals surface area (Å²) in [6.07, 6.45) is 1.55. The van der Waals surface area contributed by atoms with Gasteiger partial charge in [0, 0.05) is 31.4 Å². The Morgan fingerprint density at radius 3 is 2.73 bits per heavy atom. The third-order valence-electron chi connectivity index (χ3n) is 4.54. The summed E-state index contributed by atoms with van der Waals surface area (Å²) < 4.78 is 1.65. The van der Waals surface area contributed by atoms with Gasteiger partial charge in [0.25, 0.3) is 11.6 Å². The molecule has 1 amide bonds. The zero-order valence-electron chi connectivity index (χ0n) is 15.0. The average Bonchev–Trinajstić information content (AvgIpc) is 3.01. The molecule has 0 aliphatic carbocycles. The first-order valence-corrected chi connectivity index (χ1v) is 8.13. The molecule has 0 aliphatic rings. The second-order valence-corrected chi connectivity index (χ2v) is 6.26. The van der Waals surface area contributed by atoms with E-state index in [2.05, 4.69) is 10.1 Å². The highest BCUT2D eigenvalue weighted by molar-refractivity contribution is 5.95. The second-order valence-electron chi connectivity index (χ2n) is 6.26. The number of aromatic nitrogens is 3. The van der Waals surface area contributed by atoms with Crippen molar-refractivity contribution < 1.29 is 9.72 Å². The molecule has 26 heavy (non-hydrogen) atoms. The van der Waals surface area contributed by atoms with E-state index in [0.29, 0.717) is 22.5 Å². The third kappa shape index (κ3) is 3.01. The van der Waals surface area contributed by atoms with Crippen LogP contribution in [0.1, 0.15) is 40.3 Å². The van der Waals surface area contributed by atoms with Crippen LogP contribution in [0.15, 0.2) is 36.5 Å². The molecule has 0 saturated heterocycles. The number of hydrogen-bond acceptors (Lipinski definition) is 5. The minimum absolute atomic E-state index is 0.00137. The van der Waals surface area contributed by atoms with Gasteiger partial charge in [-0.3, -0.25) is 14.9 Å². The zero-order chi connectivity index (χ0) is 19.0. The Bertz CT molecular complexity index is 1010. The fraction of sp³-hybridized carbons (Fsp3) is 0.278. The summed E-state index contributed by atoms with van der Waals surface area (Å²) in [7, 11) is 1.67. The van der Waals surface area contributed by atoms with Crippen molar-refractivity contribution in [1.82, 2.24) is 19.5 Å². The predicted molar refractivity (Wildman–Crippen MR) is 96.1 cm³/mol. The minimum Gasteiger partial charge on any atom is -0.335 e. The van der Waals surface area contributed by atoms with E-state index in [-0.39, 0.29) is 17.6 Å². The lowest BCUT2D eigenvalue weighted by molar-refractivity contribution is -0.384. The molecule has 8 nitrogen and oxygen atoms in total. The van der Waals surface area contributed by atoms with E-state index in [1.807, 2.05) is 26.8 Å². The van der Waals surface area contributed by atoms with Crippen molar-refractivity contribution in [3.63, 3.8) is 0 Å². The maximum absolute atomic E-state index is 13.0. The van der Waals surface area contributed by atoms with Crippen LogP contribution < -0.4 is 0 Å². The number of hydrogen-bond donors (Lipinski definition) is 0. The number of aryl methyl sites for hydroxylation is 2. The summed E-state index contributed by atoms with van der Waals surface area (Å²) in [6, 6.07) is 7.81. The molecule has 0 aliphatic heterocycles. The number of amides is 1. The van der Waals surface area contributed by atoms with Gasteiger partial charge in [0.15, 0.2) is 5.65 Å². The van der Waals surface area contributed by atoms with Crippen LogP contribution in [0.2, 0.25) is 0 Å². The molecule has 1 atom stereocenters. The quantitative estimate of drug-likeness (QED) is 0.531. The fourth-order valence-electron chi connectivity index (χ4n) is 2.86. The molecule has 2 aromatic heterocycles. The van der Waals surface area contributed by atoms with E-state index in [1.165, 1.54) is 12.1 Å². The molecule has 8 heteroatoms. The highest BCUT2D eigenvalue weighted by Crippen LogP contribution is 2.25. The normalized spacial score (nSPS) is 12.2. The van der Waals surface area contributed by atoms with Crippen LogP contribution in [0.25, 0.3) is 5.65 Å². The number of carbonyl (C=O) groups excluding carboxylic acids is 1. The zero-order valence-corrected chi connectivity index (χ0v) is 15.0. The molecule has 0 radical (unpaired) electrons. The molecule has 3 rings (SSSR count). The van der Waals surface area contributed by atoms with Gasteiger partial charge < -0.3 is 4.90 Å². The maximum atomic E-state index is 13.0. The molecule has 134 valence electrons. The Hall–Kier alpha value is -3.29. The van der Waals surface area contributed by atoms with Gasteiger partial charge in [-0.1, -0.05) is 12.1 Å². The number of carbonyl (C=O) groups is 1. The van der Waals surface area contributed by atoms with Crippen molar-refractivity contribution >= 4 is 17.2 Å². The Kier molecular flexibility index (Phi) is 4.41. The molecule has 0 fully saturated rings. The molecule has 0 spiro atoms. The molecular weight excluding hydrogens is 334 g/mol. The summed E-state index contributed by atoms with van der Waals surface area (Å²) in [5.41, 5.74) is 3.35. The number of non-ortho nitro benzene ring substituents is 1. The van der Waals surface area contributed by atoms with Crippen LogP contribution in [0, 0.1) is 24.0 Å². The molecule has 1 unspecified atom stereocenters. The van der Waals surface area contributed by atoms with Gasteiger partial charge in [0.05, 0.1) is 27.9 Å². The van der Waals surface area contributed by atoms with Crippen molar-refractivity contribution in [1.29, 1.82) is 0 Å². The highest BCUT2D eigenvalue weighted by atomic mass is 16.6. The summed E-state index contributed by atoms with van der Waals surface area (Å²) in [5, 5.41) is 15.3. The smallest absolute Gasteiger partial charge is 0.269 e. The number of fused-ring (bicyclic) bond motifs is 1. The Morgan fingerprint density at radius 2 is 2.04 bits per heavy atom. The first kappa shape index (κ1) is 17.5. The summed E-state index contributed by atoms with van der Waals surface area (Å²) >= 11 is 0. The molecule has 0 bridgehead atoms. The topological polar surface area (TPSA) is 93.6 Å². The van der Waals surface area contributed by atoms with Gasteiger partial charge in [0.1, 0.15) is 0 Å². The van der Waals surface area contributed by atoms with Gasteiger partial charge >= 0.3 is 0 Å². The van der Waals surface area contributed by atoms with Crippen molar-refractivity contribution in [2.24, 2.45) is 0 Å². The van der Waals surface area contributed by atoms with E-state index in [1.54, 1.807) is 34.8 Å². The lowest BCUT2D eigenvalue weighted by Gasteiger charge is -2.25. The van der Waals surface area contributed by atoms with Crippen molar-refractivity contribution in [2.45, 2.75) is 26.8 Å². The van der Waals surface area contributed by atoms with E-state index >= 15 is 0 Å².